The van der Waals surface area contributed by atoms with Gasteiger partial charge in [0.25, 0.3) is 0 Å². The maximum Gasteiger partial charge on any atom is 0.0404 e. The Hall–Kier alpha value is -0.890. The summed E-state index contributed by atoms with van der Waals surface area (Å²) in [4.78, 5) is 4.48. The molecule has 3 unspecified atom stereocenters. The number of hydrogen-bond donors (Lipinski definition) is 1. The molecule has 0 radical (unpaired) electrons. The highest BCUT2D eigenvalue weighted by molar-refractivity contribution is 5.04. The van der Waals surface area contributed by atoms with E-state index in [1.54, 1.807) is 0 Å². The second-order valence-electron chi connectivity index (χ2n) is 7.10. The SMILES string of the molecule is CCCNC(CCc1ccccn1)C1CC(C)CC(C)C1. The molecule has 0 spiro atoms. The molecular weight excluding hydrogens is 256 g/mol. The third-order valence-electron chi connectivity index (χ3n) is 4.88. The van der Waals surface area contributed by atoms with Crippen LogP contribution in [0.1, 0.15) is 58.6 Å². The lowest BCUT2D eigenvalue weighted by atomic mass is 9.73. The summed E-state index contributed by atoms with van der Waals surface area (Å²) in [5, 5.41) is 3.82. The van der Waals surface area contributed by atoms with Gasteiger partial charge in [-0.05, 0) is 75.0 Å². The van der Waals surface area contributed by atoms with Gasteiger partial charge in [0, 0.05) is 17.9 Å². The first-order chi connectivity index (χ1) is 10.2. The highest BCUT2D eigenvalue weighted by Gasteiger charge is 2.29. The van der Waals surface area contributed by atoms with E-state index in [9.17, 15) is 0 Å². The number of hydrogen-bond acceptors (Lipinski definition) is 2. The van der Waals surface area contributed by atoms with Crippen molar-refractivity contribution >= 4 is 0 Å². The zero-order valence-corrected chi connectivity index (χ0v) is 14.0. The van der Waals surface area contributed by atoms with Crippen molar-refractivity contribution in [3.05, 3.63) is 30.1 Å². The summed E-state index contributed by atoms with van der Waals surface area (Å²) >= 11 is 0. The summed E-state index contributed by atoms with van der Waals surface area (Å²) in [6.45, 7) is 8.26. The molecule has 2 rings (SSSR count). The van der Waals surface area contributed by atoms with Crippen molar-refractivity contribution in [3.63, 3.8) is 0 Å². The summed E-state index contributed by atoms with van der Waals surface area (Å²) < 4.78 is 0. The molecule has 1 N–H and O–H groups in total. The van der Waals surface area contributed by atoms with Crippen molar-refractivity contribution < 1.29 is 0 Å². The normalized spacial score (nSPS) is 27.5. The molecule has 118 valence electrons. The number of aryl methyl sites for hydroxylation is 1. The molecule has 1 aromatic rings. The van der Waals surface area contributed by atoms with Crippen LogP contribution in [0.2, 0.25) is 0 Å². The van der Waals surface area contributed by atoms with Crippen molar-refractivity contribution in [1.29, 1.82) is 0 Å². The van der Waals surface area contributed by atoms with Gasteiger partial charge in [0.05, 0.1) is 0 Å². The van der Waals surface area contributed by atoms with Crippen LogP contribution in [0.5, 0.6) is 0 Å². The Morgan fingerprint density at radius 3 is 2.57 bits per heavy atom. The smallest absolute Gasteiger partial charge is 0.0404 e. The fourth-order valence-corrected chi connectivity index (χ4v) is 4.02. The minimum atomic E-state index is 0.664. The molecule has 2 heteroatoms. The highest BCUT2D eigenvalue weighted by atomic mass is 14.9. The fourth-order valence-electron chi connectivity index (χ4n) is 4.02. The Balaban J connectivity index is 1.93. The lowest BCUT2D eigenvalue weighted by Gasteiger charge is -2.37. The first-order valence-corrected chi connectivity index (χ1v) is 8.82. The van der Waals surface area contributed by atoms with E-state index >= 15 is 0 Å². The molecule has 1 fully saturated rings. The van der Waals surface area contributed by atoms with Crippen LogP contribution < -0.4 is 5.32 Å². The molecule has 1 heterocycles. The molecule has 1 aliphatic rings. The average molecular weight is 288 g/mol. The number of aromatic nitrogens is 1. The van der Waals surface area contributed by atoms with Crippen molar-refractivity contribution in [2.24, 2.45) is 17.8 Å². The maximum absolute atomic E-state index is 4.48. The van der Waals surface area contributed by atoms with E-state index in [2.05, 4.69) is 43.2 Å². The van der Waals surface area contributed by atoms with Gasteiger partial charge in [-0.25, -0.2) is 0 Å². The van der Waals surface area contributed by atoms with Gasteiger partial charge in [-0.1, -0.05) is 26.8 Å². The predicted molar refractivity (Wildman–Crippen MR) is 90.3 cm³/mol. The van der Waals surface area contributed by atoms with E-state index in [1.165, 1.54) is 37.8 Å². The number of nitrogens with zero attached hydrogens (tertiary/aromatic N) is 1. The van der Waals surface area contributed by atoms with E-state index in [0.29, 0.717) is 6.04 Å². The molecule has 21 heavy (non-hydrogen) atoms. The maximum atomic E-state index is 4.48. The molecule has 0 saturated heterocycles. The van der Waals surface area contributed by atoms with E-state index in [-0.39, 0.29) is 0 Å². The van der Waals surface area contributed by atoms with Crippen LogP contribution in [0, 0.1) is 17.8 Å². The quantitative estimate of drug-likeness (QED) is 0.801. The molecule has 1 saturated carbocycles. The van der Waals surface area contributed by atoms with Gasteiger partial charge in [-0.2, -0.15) is 0 Å². The first-order valence-electron chi connectivity index (χ1n) is 8.82. The van der Waals surface area contributed by atoms with Gasteiger partial charge in [-0.15, -0.1) is 0 Å². The third kappa shape index (κ3) is 5.43. The van der Waals surface area contributed by atoms with Gasteiger partial charge >= 0.3 is 0 Å². The minimum absolute atomic E-state index is 0.664. The van der Waals surface area contributed by atoms with E-state index in [0.717, 1.165) is 30.7 Å². The number of nitrogens with one attached hydrogen (secondary N) is 1. The van der Waals surface area contributed by atoms with Crippen LogP contribution in [-0.2, 0) is 6.42 Å². The van der Waals surface area contributed by atoms with Crippen LogP contribution in [-0.4, -0.2) is 17.6 Å². The highest BCUT2D eigenvalue weighted by Crippen LogP contribution is 2.35. The average Bonchev–Trinajstić information content (AvgIpc) is 2.47. The van der Waals surface area contributed by atoms with Gasteiger partial charge in [0.1, 0.15) is 0 Å². The van der Waals surface area contributed by atoms with Crippen LogP contribution in [0.3, 0.4) is 0 Å². The predicted octanol–water partition coefficient (Wildman–Crippen LogP) is 4.45. The summed E-state index contributed by atoms with van der Waals surface area (Å²) in [7, 11) is 0. The van der Waals surface area contributed by atoms with E-state index in [1.807, 2.05) is 12.3 Å². The summed E-state index contributed by atoms with van der Waals surface area (Å²) in [5.41, 5.74) is 1.23. The molecule has 2 nitrogen and oxygen atoms in total. The molecule has 0 amide bonds. The van der Waals surface area contributed by atoms with E-state index < -0.39 is 0 Å². The van der Waals surface area contributed by atoms with Gasteiger partial charge in [0.15, 0.2) is 0 Å². The number of pyridine rings is 1. The minimum Gasteiger partial charge on any atom is -0.314 e. The zero-order valence-electron chi connectivity index (χ0n) is 14.0. The molecule has 0 bridgehead atoms. The Morgan fingerprint density at radius 2 is 1.95 bits per heavy atom. The Morgan fingerprint density at radius 1 is 1.19 bits per heavy atom. The molecule has 0 aromatic carbocycles. The van der Waals surface area contributed by atoms with Crippen molar-refractivity contribution in [1.82, 2.24) is 10.3 Å². The van der Waals surface area contributed by atoms with Crippen LogP contribution in [0.25, 0.3) is 0 Å². The van der Waals surface area contributed by atoms with Crippen molar-refractivity contribution in [2.45, 2.75) is 65.3 Å². The zero-order chi connectivity index (χ0) is 15.1. The topological polar surface area (TPSA) is 24.9 Å². The van der Waals surface area contributed by atoms with E-state index in [4.69, 9.17) is 0 Å². The Kier molecular flexibility index (Phi) is 6.69. The standard InChI is InChI=1S/C19H32N2/c1-4-10-21-19(9-8-18-7-5-6-11-20-18)17-13-15(2)12-16(3)14-17/h5-7,11,15-17,19,21H,4,8-10,12-14H2,1-3H3. The second-order valence-corrected chi connectivity index (χ2v) is 7.10. The Bertz CT molecular complexity index is 380. The van der Waals surface area contributed by atoms with Gasteiger partial charge < -0.3 is 5.32 Å². The van der Waals surface area contributed by atoms with Crippen molar-refractivity contribution in [2.75, 3.05) is 6.54 Å². The molecule has 1 aliphatic carbocycles. The third-order valence-corrected chi connectivity index (χ3v) is 4.88. The Labute approximate surface area is 130 Å². The summed E-state index contributed by atoms with van der Waals surface area (Å²) in [6.07, 6.45) is 9.66. The van der Waals surface area contributed by atoms with Crippen molar-refractivity contribution in [3.8, 4) is 0 Å². The lowest BCUT2D eigenvalue weighted by Crippen LogP contribution is -2.40. The number of rotatable bonds is 7. The first kappa shape index (κ1) is 16.5. The largest absolute Gasteiger partial charge is 0.314 e. The van der Waals surface area contributed by atoms with Gasteiger partial charge in [0.2, 0.25) is 0 Å². The monoisotopic (exact) mass is 288 g/mol. The summed E-state index contributed by atoms with van der Waals surface area (Å²) in [6, 6.07) is 6.92. The molecule has 3 atom stereocenters. The lowest BCUT2D eigenvalue weighted by molar-refractivity contribution is 0.171. The van der Waals surface area contributed by atoms with Crippen LogP contribution in [0.4, 0.5) is 0 Å². The van der Waals surface area contributed by atoms with Crippen LogP contribution >= 0.6 is 0 Å². The van der Waals surface area contributed by atoms with Crippen LogP contribution in [0.15, 0.2) is 24.4 Å². The fraction of sp³-hybridized carbons (Fsp3) is 0.737. The molecule has 0 aliphatic heterocycles. The molecule has 1 aromatic heterocycles. The second kappa shape index (κ2) is 8.53. The molecular formula is C19H32N2. The summed E-state index contributed by atoms with van der Waals surface area (Å²) in [5.74, 6) is 2.62. The van der Waals surface area contributed by atoms with Gasteiger partial charge in [-0.3, -0.25) is 4.98 Å².